The zero-order chi connectivity index (χ0) is 22.8. The van der Waals surface area contributed by atoms with Crippen molar-refractivity contribution >= 4 is 17.7 Å². The van der Waals surface area contributed by atoms with Gasteiger partial charge in [-0.2, -0.15) is 5.10 Å². The third-order valence-electron chi connectivity index (χ3n) is 6.56. The summed E-state index contributed by atoms with van der Waals surface area (Å²) < 4.78 is 8.21. The van der Waals surface area contributed by atoms with Gasteiger partial charge < -0.3 is 19.6 Å². The van der Waals surface area contributed by atoms with Crippen molar-refractivity contribution in [2.45, 2.75) is 65.0 Å². The normalized spacial score (nSPS) is 19.0. The molecule has 8 heteroatoms. The SMILES string of the molecule is CCCOc1c(-c2cnn(C3CCN(C(=O)O)CC3)c2)ccc2c1CCC(C)N2C(C)=O. The highest BCUT2D eigenvalue weighted by molar-refractivity contribution is 5.95. The number of carboxylic acid groups (broad SMARTS) is 1. The van der Waals surface area contributed by atoms with E-state index >= 15 is 0 Å². The summed E-state index contributed by atoms with van der Waals surface area (Å²) in [6.45, 7) is 7.45. The lowest BCUT2D eigenvalue weighted by Crippen LogP contribution is -2.40. The van der Waals surface area contributed by atoms with Crippen LogP contribution < -0.4 is 9.64 Å². The Kier molecular flexibility index (Phi) is 6.39. The minimum atomic E-state index is -0.856. The minimum Gasteiger partial charge on any atom is -0.493 e. The van der Waals surface area contributed by atoms with Gasteiger partial charge in [0, 0.05) is 48.9 Å². The topological polar surface area (TPSA) is 87.9 Å². The standard InChI is InChI=1S/C24H32N4O4/c1-4-13-32-23-20(7-8-22-21(23)6-5-16(2)28(22)17(3)29)18-14-25-27(15-18)19-9-11-26(12-10-19)24(30)31/h7-8,14-16,19H,4-6,9-13H2,1-3H3,(H,30,31). The largest absolute Gasteiger partial charge is 0.493 e. The Morgan fingerprint density at radius 3 is 2.62 bits per heavy atom. The van der Waals surface area contributed by atoms with E-state index in [0.29, 0.717) is 19.7 Å². The second-order valence-corrected chi connectivity index (χ2v) is 8.77. The summed E-state index contributed by atoms with van der Waals surface area (Å²) in [5.41, 5.74) is 4.00. The van der Waals surface area contributed by atoms with E-state index < -0.39 is 6.09 Å². The maximum absolute atomic E-state index is 12.3. The fourth-order valence-electron chi connectivity index (χ4n) is 4.88. The van der Waals surface area contributed by atoms with Crippen molar-refractivity contribution < 1.29 is 19.4 Å². The molecule has 1 N–H and O–H groups in total. The zero-order valence-electron chi connectivity index (χ0n) is 19.1. The molecule has 8 nitrogen and oxygen atoms in total. The maximum Gasteiger partial charge on any atom is 0.407 e. The van der Waals surface area contributed by atoms with Crippen molar-refractivity contribution in [3.63, 3.8) is 0 Å². The van der Waals surface area contributed by atoms with Crippen molar-refractivity contribution in [2.75, 3.05) is 24.6 Å². The van der Waals surface area contributed by atoms with E-state index in [0.717, 1.165) is 60.2 Å². The summed E-state index contributed by atoms with van der Waals surface area (Å²) >= 11 is 0. The molecule has 1 unspecified atom stereocenters. The number of hydrogen-bond acceptors (Lipinski definition) is 4. The number of likely N-dealkylation sites (tertiary alicyclic amines) is 1. The predicted octanol–water partition coefficient (Wildman–Crippen LogP) is 4.34. The lowest BCUT2D eigenvalue weighted by atomic mass is 9.92. The number of nitrogens with zero attached hydrogens (tertiary/aromatic N) is 4. The van der Waals surface area contributed by atoms with Gasteiger partial charge in [0.15, 0.2) is 0 Å². The number of hydrogen-bond donors (Lipinski definition) is 1. The highest BCUT2D eigenvalue weighted by atomic mass is 16.5. The van der Waals surface area contributed by atoms with Crippen molar-refractivity contribution in [1.29, 1.82) is 0 Å². The monoisotopic (exact) mass is 440 g/mol. The number of rotatable bonds is 5. The fraction of sp³-hybridized carbons (Fsp3) is 0.542. The molecule has 4 rings (SSSR count). The predicted molar refractivity (Wildman–Crippen MR) is 122 cm³/mol. The van der Waals surface area contributed by atoms with Crippen LogP contribution in [0.15, 0.2) is 24.5 Å². The van der Waals surface area contributed by atoms with Crippen LogP contribution in [0.4, 0.5) is 10.5 Å². The number of aromatic nitrogens is 2. The van der Waals surface area contributed by atoms with E-state index in [-0.39, 0.29) is 18.0 Å². The third kappa shape index (κ3) is 4.18. The van der Waals surface area contributed by atoms with Crippen LogP contribution in [0.3, 0.4) is 0 Å². The Balaban J connectivity index is 1.66. The molecule has 1 aromatic heterocycles. The first-order valence-electron chi connectivity index (χ1n) is 11.5. The molecule has 0 radical (unpaired) electrons. The Labute approximate surface area is 188 Å². The number of piperidine rings is 1. The van der Waals surface area contributed by atoms with E-state index in [1.165, 1.54) is 4.90 Å². The van der Waals surface area contributed by atoms with Crippen LogP contribution in [0.25, 0.3) is 11.1 Å². The number of amides is 2. The lowest BCUT2D eigenvalue weighted by molar-refractivity contribution is -0.117. The van der Waals surface area contributed by atoms with Gasteiger partial charge in [-0.1, -0.05) is 6.92 Å². The number of ether oxygens (including phenoxy) is 1. The first-order chi connectivity index (χ1) is 15.4. The Bertz CT molecular complexity index is 994. The Hall–Kier alpha value is -3.03. The van der Waals surface area contributed by atoms with Gasteiger partial charge in [-0.25, -0.2) is 4.79 Å². The van der Waals surface area contributed by atoms with Crippen LogP contribution in [0.1, 0.15) is 58.1 Å². The lowest BCUT2D eigenvalue weighted by Gasteiger charge is -2.36. The molecule has 2 aliphatic rings. The van der Waals surface area contributed by atoms with Gasteiger partial charge in [0.05, 0.1) is 24.5 Å². The summed E-state index contributed by atoms with van der Waals surface area (Å²) in [6.07, 6.45) is 7.22. The summed E-state index contributed by atoms with van der Waals surface area (Å²) in [5, 5.41) is 13.8. The molecule has 3 heterocycles. The average Bonchev–Trinajstić information content (AvgIpc) is 3.27. The van der Waals surface area contributed by atoms with E-state index in [4.69, 9.17) is 4.74 Å². The molecule has 1 aromatic carbocycles. The van der Waals surface area contributed by atoms with Gasteiger partial charge in [-0.05, 0) is 51.2 Å². The highest BCUT2D eigenvalue weighted by Crippen LogP contribution is 2.43. The van der Waals surface area contributed by atoms with Crippen molar-refractivity contribution in [3.8, 4) is 16.9 Å². The maximum atomic E-state index is 12.3. The van der Waals surface area contributed by atoms with Gasteiger partial charge >= 0.3 is 6.09 Å². The highest BCUT2D eigenvalue weighted by Gasteiger charge is 2.30. The first-order valence-corrected chi connectivity index (χ1v) is 11.5. The molecule has 0 saturated carbocycles. The summed E-state index contributed by atoms with van der Waals surface area (Å²) in [6, 6.07) is 4.42. The molecule has 1 atom stereocenters. The van der Waals surface area contributed by atoms with E-state index in [9.17, 15) is 14.7 Å². The molecular weight excluding hydrogens is 408 g/mol. The smallest absolute Gasteiger partial charge is 0.407 e. The molecule has 2 amide bonds. The van der Waals surface area contributed by atoms with E-state index in [1.54, 1.807) is 6.92 Å². The number of fused-ring (bicyclic) bond motifs is 1. The van der Waals surface area contributed by atoms with Crippen molar-refractivity contribution in [2.24, 2.45) is 0 Å². The number of anilines is 1. The molecule has 32 heavy (non-hydrogen) atoms. The summed E-state index contributed by atoms with van der Waals surface area (Å²) in [7, 11) is 0. The van der Waals surface area contributed by atoms with Gasteiger partial charge in [0.1, 0.15) is 5.75 Å². The van der Waals surface area contributed by atoms with Crippen LogP contribution in [-0.4, -0.2) is 57.5 Å². The second kappa shape index (κ2) is 9.22. The minimum absolute atomic E-state index is 0.0492. The van der Waals surface area contributed by atoms with Crippen LogP contribution >= 0.6 is 0 Å². The summed E-state index contributed by atoms with van der Waals surface area (Å²) in [4.78, 5) is 26.8. The number of carbonyl (C=O) groups is 2. The van der Waals surface area contributed by atoms with Crippen LogP contribution in [-0.2, 0) is 11.2 Å². The van der Waals surface area contributed by atoms with E-state index in [2.05, 4.69) is 18.9 Å². The molecule has 1 fully saturated rings. The van der Waals surface area contributed by atoms with Gasteiger partial charge in [0.2, 0.25) is 5.91 Å². The molecule has 2 aromatic rings. The van der Waals surface area contributed by atoms with E-state index in [1.807, 2.05) is 34.1 Å². The average molecular weight is 441 g/mol. The molecule has 0 aliphatic carbocycles. The van der Waals surface area contributed by atoms with Crippen LogP contribution in [0.5, 0.6) is 5.75 Å². The van der Waals surface area contributed by atoms with Crippen LogP contribution in [0, 0.1) is 0 Å². The molecule has 172 valence electrons. The van der Waals surface area contributed by atoms with Gasteiger partial charge in [-0.3, -0.25) is 9.48 Å². The molecule has 0 bridgehead atoms. The van der Waals surface area contributed by atoms with Crippen molar-refractivity contribution in [1.82, 2.24) is 14.7 Å². The quantitative estimate of drug-likeness (QED) is 0.747. The summed E-state index contributed by atoms with van der Waals surface area (Å²) in [5.74, 6) is 0.899. The molecule has 1 saturated heterocycles. The fourth-order valence-corrected chi connectivity index (χ4v) is 4.88. The molecule has 2 aliphatic heterocycles. The number of benzene rings is 1. The molecule has 0 spiro atoms. The Morgan fingerprint density at radius 1 is 1.22 bits per heavy atom. The van der Waals surface area contributed by atoms with Crippen molar-refractivity contribution in [3.05, 3.63) is 30.1 Å². The molecular formula is C24H32N4O4. The third-order valence-corrected chi connectivity index (χ3v) is 6.56. The second-order valence-electron chi connectivity index (χ2n) is 8.77. The number of carbonyl (C=O) groups excluding carboxylic acids is 1. The Morgan fingerprint density at radius 2 is 1.97 bits per heavy atom. The van der Waals surface area contributed by atoms with Gasteiger partial charge in [0.25, 0.3) is 0 Å². The first kappa shape index (κ1) is 22.2. The van der Waals surface area contributed by atoms with Crippen LogP contribution in [0.2, 0.25) is 0 Å². The zero-order valence-corrected chi connectivity index (χ0v) is 19.1. The van der Waals surface area contributed by atoms with Gasteiger partial charge in [-0.15, -0.1) is 0 Å².